The summed E-state index contributed by atoms with van der Waals surface area (Å²) < 4.78 is 5.10. The van der Waals surface area contributed by atoms with E-state index in [-0.39, 0.29) is 5.54 Å². The van der Waals surface area contributed by atoms with E-state index in [0.29, 0.717) is 10.8 Å². The molecule has 0 aliphatic rings. The molecule has 0 aliphatic carbocycles. The summed E-state index contributed by atoms with van der Waals surface area (Å²) in [5, 5.41) is 7.34. The smallest absolute Gasteiger partial charge is 0.137 e. The van der Waals surface area contributed by atoms with Crippen molar-refractivity contribution in [3.05, 3.63) is 23.2 Å². The highest BCUT2D eigenvalue weighted by Crippen LogP contribution is 2.26. The van der Waals surface area contributed by atoms with Gasteiger partial charge in [0.2, 0.25) is 0 Å². The van der Waals surface area contributed by atoms with E-state index in [4.69, 9.17) is 16.3 Å². The minimum absolute atomic E-state index is 0.152. The Hall–Kier alpha value is -0.930. The normalized spacial score (nSPS) is 11.4. The lowest BCUT2D eigenvalue weighted by Gasteiger charge is -2.20. The summed E-state index contributed by atoms with van der Waals surface area (Å²) in [6.45, 7) is 8.22. The van der Waals surface area contributed by atoms with Gasteiger partial charge in [-0.15, -0.1) is 0 Å². The standard InChI is InChI=1S/C13H21ClN2O/c1-13(2,3)16-8-7-15-10-5-6-12(17-4)11(14)9-10/h5-6,9,15-16H,7-8H2,1-4H3. The summed E-state index contributed by atoms with van der Waals surface area (Å²) in [6.07, 6.45) is 0. The van der Waals surface area contributed by atoms with Gasteiger partial charge in [0, 0.05) is 24.3 Å². The lowest BCUT2D eigenvalue weighted by atomic mass is 10.1. The molecule has 3 nitrogen and oxygen atoms in total. The van der Waals surface area contributed by atoms with Crippen molar-refractivity contribution in [2.45, 2.75) is 26.3 Å². The molecule has 0 unspecified atom stereocenters. The SMILES string of the molecule is COc1ccc(NCCNC(C)(C)C)cc1Cl. The van der Waals surface area contributed by atoms with E-state index in [0.717, 1.165) is 18.8 Å². The van der Waals surface area contributed by atoms with Crippen LogP contribution in [-0.2, 0) is 0 Å². The van der Waals surface area contributed by atoms with Crippen molar-refractivity contribution >= 4 is 17.3 Å². The Labute approximate surface area is 109 Å². The number of halogens is 1. The van der Waals surface area contributed by atoms with Crippen LogP contribution in [-0.4, -0.2) is 25.7 Å². The third-order valence-corrected chi connectivity index (χ3v) is 2.56. The van der Waals surface area contributed by atoms with Gasteiger partial charge in [0.15, 0.2) is 0 Å². The Bertz CT molecular complexity index is 361. The first-order valence-corrected chi connectivity index (χ1v) is 6.12. The van der Waals surface area contributed by atoms with Crippen LogP contribution < -0.4 is 15.4 Å². The number of anilines is 1. The molecule has 0 atom stereocenters. The van der Waals surface area contributed by atoms with Gasteiger partial charge in [-0.1, -0.05) is 11.6 Å². The number of hydrogen-bond donors (Lipinski definition) is 2. The quantitative estimate of drug-likeness (QED) is 0.794. The summed E-state index contributed by atoms with van der Waals surface area (Å²) in [5.41, 5.74) is 1.16. The molecular weight excluding hydrogens is 236 g/mol. The first kappa shape index (κ1) is 14.1. The van der Waals surface area contributed by atoms with Crippen LogP contribution >= 0.6 is 11.6 Å². The van der Waals surface area contributed by atoms with Gasteiger partial charge in [-0.3, -0.25) is 0 Å². The van der Waals surface area contributed by atoms with Crippen LogP contribution in [0.25, 0.3) is 0 Å². The van der Waals surface area contributed by atoms with Crippen molar-refractivity contribution in [2.75, 3.05) is 25.5 Å². The van der Waals surface area contributed by atoms with E-state index in [9.17, 15) is 0 Å². The maximum atomic E-state index is 6.03. The van der Waals surface area contributed by atoms with Crippen molar-refractivity contribution in [3.63, 3.8) is 0 Å². The fraction of sp³-hybridized carbons (Fsp3) is 0.538. The van der Waals surface area contributed by atoms with Gasteiger partial charge in [0.05, 0.1) is 12.1 Å². The largest absolute Gasteiger partial charge is 0.495 e. The molecule has 1 rings (SSSR count). The van der Waals surface area contributed by atoms with E-state index >= 15 is 0 Å². The van der Waals surface area contributed by atoms with Gasteiger partial charge in [-0.2, -0.15) is 0 Å². The number of methoxy groups -OCH3 is 1. The Balaban J connectivity index is 2.40. The van der Waals surface area contributed by atoms with Crippen LogP contribution in [0, 0.1) is 0 Å². The molecular formula is C13H21ClN2O. The van der Waals surface area contributed by atoms with Crippen molar-refractivity contribution < 1.29 is 4.74 Å². The summed E-state index contributed by atoms with van der Waals surface area (Å²) >= 11 is 6.03. The molecule has 0 radical (unpaired) electrons. The highest BCUT2D eigenvalue weighted by atomic mass is 35.5. The monoisotopic (exact) mass is 256 g/mol. The lowest BCUT2D eigenvalue weighted by Crippen LogP contribution is -2.38. The fourth-order valence-corrected chi connectivity index (χ4v) is 1.68. The third-order valence-electron chi connectivity index (χ3n) is 2.26. The van der Waals surface area contributed by atoms with Gasteiger partial charge < -0.3 is 15.4 Å². The summed E-state index contributed by atoms with van der Waals surface area (Å²) in [4.78, 5) is 0. The van der Waals surface area contributed by atoms with Gasteiger partial charge in [-0.05, 0) is 39.0 Å². The van der Waals surface area contributed by atoms with Crippen molar-refractivity contribution in [2.24, 2.45) is 0 Å². The molecule has 96 valence electrons. The Kier molecular flexibility index (Phi) is 5.09. The van der Waals surface area contributed by atoms with E-state index < -0.39 is 0 Å². The van der Waals surface area contributed by atoms with Crippen LogP contribution in [0.3, 0.4) is 0 Å². The summed E-state index contributed by atoms with van der Waals surface area (Å²) in [7, 11) is 1.61. The van der Waals surface area contributed by atoms with Gasteiger partial charge in [0.1, 0.15) is 5.75 Å². The maximum absolute atomic E-state index is 6.03. The maximum Gasteiger partial charge on any atom is 0.137 e. The zero-order valence-corrected chi connectivity index (χ0v) is 11.7. The number of rotatable bonds is 5. The van der Waals surface area contributed by atoms with E-state index in [1.807, 2.05) is 18.2 Å². The van der Waals surface area contributed by atoms with E-state index in [1.54, 1.807) is 7.11 Å². The first-order valence-electron chi connectivity index (χ1n) is 5.75. The number of benzene rings is 1. The number of hydrogen-bond acceptors (Lipinski definition) is 3. The molecule has 2 N–H and O–H groups in total. The van der Waals surface area contributed by atoms with Crippen LogP contribution in [0.1, 0.15) is 20.8 Å². The molecule has 0 saturated carbocycles. The second-order valence-corrected chi connectivity index (χ2v) is 5.36. The van der Waals surface area contributed by atoms with Gasteiger partial charge in [0.25, 0.3) is 0 Å². The average molecular weight is 257 g/mol. The minimum Gasteiger partial charge on any atom is -0.495 e. The molecule has 0 amide bonds. The van der Waals surface area contributed by atoms with Crippen LogP contribution in [0.2, 0.25) is 5.02 Å². The van der Waals surface area contributed by atoms with Crippen LogP contribution in [0.4, 0.5) is 5.69 Å². The fourth-order valence-electron chi connectivity index (χ4n) is 1.42. The predicted octanol–water partition coefficient (Wildman–Crippen LogP) is 3.15. The zero-order valence-electron chi connectivity index (χ0n) is 10.9. The highest BCUT2D eigenvalue weighted by molar-refractivity contribution is 6.32. The lowest BCUT2D eigenvalue weighted by molar-refractivity contribution is 0.415. The molecule has 0 fully saturated rings. The minimum atomic E-state index is 0.152. The van der Waals surface area contributed by atoms with Crippen molar-refractivity contribution in [1.82, 2.24) is 5.32 Å². The molecule has 1 aromatic rings. The van der Waals surface area contributed by atoms with Gasteiger partial charge >= 0.3 is 0 Å². The molecule has 4 heteroatoms. The number of nitrogens with one attached hydrogen (secondary N) is 2. The second kappa shape index (κ2) is 6.12. The van der Waals surface area contributed by atoms with Crippen LogP contribution in [0.5, 0.6) is 5.75 Å². The average Bonchev–Trinajstić information content (AvgIpc) is 2.23. The molecule has 0 aromatic heterocycles. The second-order valence-electron chi connectivity index (χ2n) is 4.95. The molecule has 0 heterocycles. The Morgan fingerprint density at radius 2 is 1.94 bits per heavy atom. The van der Waals surface area contributed by atoms with Gasteiger partial charge in [-0.25, -0.2) is 0 Å². The number of ether oxygens (including phenoxy) is 1. The summed E-state index contributed by atoms with van der Waals surface area (Å²) in [6, 6.07) is 5.70. The summed E-state index contributed by atoms with van der Waals surface area (Å²) in [5.74, 6) is 0.699. The molecule has 0 spiro atoms. The molecule has 0 aliphatic heterocycles. The molecule has 17 heavy (non-hydrogen) atoms. The van der Waals surface area contributed by atoms with Crippen molar-refractivity contribution in [1.29, 1.82) is 0 Å². The zero-order chi connectivity index (χ0) is 12.9. The predicted molar refractivity (Wildman–Crippen MR) is 74.2 cm³/mol. The van der Waals surface area contributed by atoms with Crippen molar-refractivity contribution in [3.8, 4) is 5.75 Å². The third kappa shape index (κ3) is 5.29. The van der Waals surface area contributed by atoms with E-state index in [1.165, 1.54) is 0 Å². The highest BCUT2D eigenvalue weighted by Gasteiger charge is 2.07. The van der Waals surface area contributed by atoms with E-state index in [2.05, 4.69) is 31.4 Å². The molecule has 1 aromatic carbocycles. The first-order chi connectivity index (χ1) is 7.92. The molecule has 0 saturated heterocycles. The Morgan fingerprint density at radius 1 is 1.24 bits per heavy atom. The van der Waals surface area contributed by atoms with Crippen LogP contribution in [0.15, 0.2) is 18.2 Å². The Morgan fingerprint density at radius 3 is 2.47 bits per heavy atom. The molecule has 0 bridgehead atoms. The topological polar surface area (TPSA) is 33.3 Å².